The van der Waals surface area contributed by atoms with Gasteiger partial charge in [-0.15, -0.1) is 0 Å². The van der Waals surface area contributed by atoms with Gasteiger partial charge in [-0.3, -0.25) is 4.90 Å². The average Bonchev–Trinajstić information content (AvgIpc) is 3.23. The number of carboxylic acid groups (broad SMARTS) is 1. The molecule has 0 bridgehead atoms. The Morgan fingerprint density at radius 2 is 1.76 bits per heavy atom. The molecule has 0 spiro atoms. The Kier molecular flexibility index (Phi) is 3.62. The fourth-order valence-corrected chi connectivity index (χ4v) is 2.53. The third-order valence-electron chi connectivity index (χ3n) is 3.89. The first-order valence-electron chi connectivity index (χ1n) is 7.05. The molecule has 0 aromatic heterocycles. The van der Waals surface area contributed by atoms with E-state index in [1.807, 2.05) is 54.6 Å². The van der Waals surface area contributed by atoms with E-state index in [1.54, 1.807) is 0 Å². The number of anilines is 1. The maximum absolute atomic E-state index is 11.5. The number of carbonyl (C=O) groups is 1. The molecule has 2 unspecified atom stereocenters. The van der Waals surface area contributed by atoms with Crippen molar-refractivity contribution < 1.29 is 9.90 Å². The Balaban J connectivity index is 1.79. The van der Waals surface area contributed by atoms with Crippen LogP contribution in [0.4, 0.5) is 10.5 Å². The van der Waals surface area contributed by atoms with Gasteiger partial charge in [-0.1, -0.05) is 42.5 Å². The van der Waals surface area contributed by atoms with Gasteiger partial charge in [0.05, 0.1) is 6.54 Å². The van der Waals surface area contributed by atoms with Gasteiger partial charge >= 0.3 is 6.09 Å². The number of nitrogens with zero attached hydrogens (tertiary/aromatic N) is 1. The first-order valence-corrected chi connectivity index (χ1v) is 7.05. The monoisotopic (exact) mass is 282 g/mol. The van der Waals surface area contributed by atoms with E-state index in [2.05, 4.69) is 0 Å². The molecule has 4 nitrogen and oxygen atoms in total. The minimum Gasteiger partial charge on any atom is -0.465 e. The van der Waals surface area contributed by atoms with Crippen LogP contribution in [0.25, 0.3) is 0 Å². The summed E-state index contributed by atoms with van der Waals surface area (Å²) >= 11 is 0. The van der Waals surface area contributed by atoms with E-state index in [4.69, 9.17) is 5.73 Å². The molecule has 3 rings (SSSR count). The summed E-state index contributed by atoms with van der Waals surface area (Å²) in [4.78, 5) is 12.8. The van der Waals surface area contributed by atoms with Gasteiger partial charge in [-0.2, -0.15) is 0 Å². The lowest BCUT2D eigenvalue weighted by molar-refractivity contribution is 0.201. The van der Waals surface area contributed by atoms with E-state index in [0.717, 1.165) is 12.0 Å². The quantitative estimate of drug-likeness (QED) is 0.905. The average molecular weight is 282 g/mol. The van der Waals surface area contributed by atoms with Gasteiger partial charge in [0.15, 0.2) is 0 Å². The topological polar surface area (TPSA) is 66.6 Å². The predicted octanol–water partition coefficient (Wildman–Crippen LogP) is 3.19. The Hall–Kier alpha value is -2.33. The third-order valence-corrected chi connectivity index (χ3v) is 3.89. The Labute approximate surface area is 123 Å². The maximum atomic E-state index is 11.5. The molecule has 0 heterocycles. The minimum absolute atomic E-state index is 0.260. The first-order chi connectivity index (χ1) is 10.1. The van der Waals surface area contributed by atoms with Gasteiger partial charge < -0.3 is 10.8 Å². The van der Waals surface area contributed by atoms with Gasteiger partial charge in [0.1, 0.15) is 0 Å². The lowest BCUT2D eigenvalue weighted by atomic mass is 10.1. The van der Waals surface area contributed by atoms with Gasteiger partial charge in [0.25, 0.3) is 0 Å². The summed E-state index contributed by atoms with van der Waals surface area (Å²) < 4.78 is 0. The molecule has 0 aliphatic heterocycles. The van der Waals surface area contributed by atoms with Crippen LogP contribution in [-0.4, -0.2) is 17.2 Å². The van der Waals surface area contributed by atoms with Crippen molar-refractivity contribution in [3.05, 3.63) is 65.7 Å². The van der Waals surface area contributed by atoms with Crippen molar-refractivity contribution >= 4 is 11.8 Å². The SMILES string of the molecule is NC1CC1c1ccc(N(Cc2ccccc2)C(=O)O)cc1. The highest BCUT2D eigenvalue weighted by atomic mass is 16.4. The van der Waals surface area contributed by atoms with E-state index in [0.29, 0.717) is 18.2 Å². The van der Waals surface area contributed by atoms with Crippen molar-refractivity contribution in [2.24, 2.45) is 5.73 Å². The molecule has 108 valence electrons. The molecule has 1 aliphatic carbocycles. The number of hydrogen-bond donors (Lipinski definition) is 2. The van der Waals surface area contributed by atoms with Crippen LogP contribution in [0.5, 0.6) is 0 Å². The summed E-state index contributed by atoms with van der Waals surface area (Å²) in [6, 6.07) is 17.5. The summed E-state index contributed by atoms with van der Waals surface area (Å²) in [6.45, 7) is 0.346. The highest BCUT2D eigenvalue weighted by Gasteiger charge is 2.34. The zero-order chi connectivity index (χ0) is 14.8. The van der Waals surface area contributed by atoms with E-state index >= 15 is 0 Å². The second-order valence-electron chi connectivity index (χ2n) is 5.45. The van der Waals surface area contributed by atoms with Gasteiger partial charge in [0.2, 0.25) is 0 Å². The molecular weight excluding hydrogens is 264 g/mol. The number of rotatable bonds is 4. The summed E-state index contributed by atoms with van der Waals surface area (Å²) in [7, 11) is 0. The summed E-state index contributed by atoms with van der Waals surface area (Å²) in [5.41, 5.74) is 8.68. The minimum atomic E-state index is -0.949. The van der Waals surface area contributed by atoms with Gasteiger partial charge in [-0.05, 0) is 29.7 Å². The standard InChI is InChI=1S/C17H18N2O2/c18-16-10-15(16)13-6-8-14(9-7-13)19(17(20)21)11-12-4-2-1-3-5-12/h1-9,15-16H,10-11,18H2,(H,20,21). The smallest absolute Gasteiger partial charge is 0.412 e. The number of benzene rings is 2. The highest BCUT2D eigenvalue weighted by Crippen LogP contribution is 2.39. The number of amides is 1. The Bertz CT molecular complexity index is 625. The van der Waals surface area contributed by atoms with Crippen molar-refractivity contribution in [2.75, 3.05) is 4.90 Å². The number of hydrogen-bond acceptors (Lipinski definition) is 2. The second-order valence-corrected chi connectivity index (χ2v) is 5.45. The van der Waals surface area contributed by atoms with Crippen LogP contribution in [0.3, 0.4) is 0 Å². The van der Waals surface area contributed by atoms with Crippen molar-refractivity contribution in [3.8, 4) is 0 Å². The Morgan fingerprint density at radius 1 is 1.14 bits per heavy atom. The van der Waals surface area contributed by atoms with Crippen LogP contribution in [-0.2, 0) is 6.54 Å². The fraction of sp³-hybridized carbons (Fsp3) is 0.235. The summed E-state index contributed by atoms with van der Waals surface area (Å²) in [5, 5.41) is 9.43. The molecule has 2 aromatic carbocycles. The largest absolute Gasteiger partial charge is 0.465 e. The molecule has 4 heteroatoms. The zero-order valence-corrected chi connectivity index (χ0v) is 11.6. The van der Waals surface area contributed by atoms with Crippen molar-refractivity contribution in [1.82, 2.24) is 0 Å². The third kappa shape index (κ3) is 3.06. The number of nitrogens with two attached hydrogens (primary N) is 1. The molecule has 1 fully saturated rings. The van der Waals surface area contributed by atoms with Crippen LogP contribution in [0.15, 0.2) is 54.6 Å². The molecule has 1 saturated carbocycles. The summed E-state index contributed by atoms with van der Waals surface area (Å²) in [5.74, 6) is 0.437. The van der Waals surface area contributed by atoms with Crippen LogP contribution in [0.1, 0.15) is 23.5 Å². The van der Waals surface area contributed by atoms with Crippen molar-refractivity contribution in [1.29, 1.82) is 0 Å². The van der Waals surface area contributed by atoms with Crippen LogP contribution in [0.2, 0.25) is 0 Å². The molecule has 21 heavy (non-hydrogen) atoms. The van der Waals surface area contributed by atoms with E-state index in [9.17, 15) is 9.90 Å². The molecule has 1 aliphatic rings. The van der Waals surface area contributed by atoms with Crippen molar-refractivity contribution in [2.45, 2.75) is 24.9 Å². The predicted molar refractivity (Wildman–Crippen MR) is 82.4 cm³/mol. The molecule has 0 saturated heterocycles. The second kappa shape index (κ2) is 5.58. The normalized spacial score (nSPS) is 20.0. The van der Waals surface area contributed by atoms with Gasteiger partial charge in [0, 0.05) is 17.6 Å². The fourth-order valence-electron chi connectivity index (χ4n) is 2.53. The first kappa shape index (κ1) is 13.6. The van der Waals surface area contributed by atoms with E-state index in [-0.39, 0.29) is 6.04 Å². The summed E-state index contributed by atoms with van der Waals surface area (Å²) in [6.07, 6.45) is 0.0705. The van der Waals surface area contributed by atoms with Crippen LogP contribution < -0.4 is 10.6 Å². The molecule has 1 amide bonds. The molecule has 0 radical (unpaired) electrons. The van der Waals surface area contributed by atoms with Crippen LogP contribution in [0, 0.1) is 0 Å². The maximum Gasteiger partial charge on any atom is 0.412 e. The lowest BCUT2D eigenvalue weighted by Crippen LogP contribution is -2.28. The zero-order valence-electron chi connectivity index (χ0n) is 11.6. The highest BCUT2D eigenvalue weighted by molar-refractivity contribution is 5.85. The van der Waals surface area contributed by atoms with Crippen molar-refractivity contribution in [3.63, 3.8) is 0 Å². The van der Waals surface area contributed by atoms with E-state index in [1.165, 1.54) is 10.5 Å². The molecule has 3 N–H and O–H groups in total. The lowest BCUT2D eigenvalue weighted by Gasteiger charge is -2.19. The van der Waals surface area contributed by atoms with Crippen LogP contribution >= 0.6 is 0 Å². The Morgan fingerprint density at radius 3 is 2.29 bits per heavy atom. The molecule has 2 atom stereocenters. The molecule has 2 aromatic rings. The van der Waals surface area contributed by atoms with Gasteiger partial charge in [-0.25, -0.2) is 4.79 Å². The van der Waals surface area contributed by atoms with E-state index < -0.39 is 6.09 Å². The molecular formula is C17H18N2O2.